The first-order chi connectivity index (χ1) is 58.6. The Hall–Kier alpha value is -9.86. The zero-order valence-electron chi connectivity index (χ0n) is 68.1. The van der Waals surface area contributed by atoms with Crippen molar-refractivity contribution >= 4 is 137 Å². The van der Waals surface area contributed by atoms with Gasteiger partial charge in [-0.25, -0.2) is 9.97 Å². The Morgan fingerprint density at radius 2 is 0.826 bits per heavy atom. The van der Waals surface area contributed by atoms with Gasteiger partial charge in [-0.2, -0.15) is 0 Å². The normalized spacial score (nSPS) is 16.8. The second kappa shape index (κ2) is 42.3. The highest BCUT2D eigenvalue weighted by Gasteiger charge is 2.36. The maximum atomic E-state index is 13.2. The Morgan fingerprint density at radius 1 is 0.405 bits per heavy atom. The summed E-state index contributed by atoms with van der Waals surface area (Å²) in [5, 5.41) is 12.1. The van der Waals surface area contributed by atoms with Crippen molar-refractivity contribution in [2.75, 3.05) is 35.2 Å². The lowest BCUT2D eigenvalue weighted by atomic mass is 9.85. The van der Waals surface area contributed by atoms with Gasteiger partial charge in [-0.15, -0.1) is 0 Å². The summed E-state index contributed by atoms with van der Waals surface area (Å²) in [6.45, 7) is 6.38. The minimum atomic E-state index is -0.137. The first-order valence-corrected chi connectivity index (χ1v) is 44.6. The standard InChI is InChI=1S/C22H19Cl2N3O.C12H12ClN3.C12H13NO2.C12H15NO.C10H8BrClO.C10H9ClO.C10H11NO.C10H13N/c23-15-6-2-1-5-14(15)22-25-17-10-11-27(12-18(17)26-22)19-9-8-13-4-3-7-16(24)20(13)21(19)28;13-9-4-2-1-3-8(9)12-15-10-5-6-14-7-11(10)16-12;1-8(14)13-10-6-2-4-9-5-3-7-11(15)12(9)10;1-9(14)13-12-8-4-6-10-5-2-3-7-11(10)12;11-7-5-4-6-2-1-3-8(12)9(6)10(7)13;2*11-8-5-1-3-7-4-2-6-9(12)10(7)8;11-10-7-3-5-8-4-1-2-6-9(8)10/h1-7,19H,8-12H2,(H,25,26);1-4,14H,5-7H2,(H,15,16);2,4,6H,3,5,7H2,1H3,(H,13,14);4,6,8H,2-3,5,7H2,1H3,(H,13,14);1-3,7H,4-5H2;1,3,5H,2,4,6H2;1,3,5H,2,4,6,11H2;3,5,7H,1-2,4,6,11H2. The van der Waals surface area contributed by atoms with Crippen LogP contribution in [0.15, 0.2) is 176 Å². The largest absolute Gasteiger partial charge is 0.398 e. The first kappa shape index (κ1) is 88.9. The van der Waals surface area contributed by atoms with Crippen LogP contribution in [0.3, 0.4) is 0 Å². The number of hydrogen-bond donors (Lipinski definition) is 7. The predicted octanol–water partition coefficient (Wildman–Crippen LogP) is 22.0. The van der Waals surface area contributed by atoms with Crippen LogP contribution >= 0.6 is 73.9 Å². The molecule has 0 fully saturated rings. The van der Waals surface area contributed by atoms with Crippen LogP contribution in [-0.2, 0) is 93.3 Å². The fourth-order valence-electron chi connectivity index (χ4n) is 17.3. The van der Waals surface area contributed by atoms with Crippen LogP contribution in [0.4, 0.5) is 22.7 Å². The molecule has 0 spiro atoms. The van der Waals surface area contributed by atoms with Crippen LogP contribution in [0.1, 0.15) is 216 Å². The van der Waals surface area contributed by atoms with Crippen LogP contribution < -0.4 is 27.4 Å². The molecule has 2 unspecified atom stereocenters. The number of hydrogen-bond acceptors (Lipinski definition) is 13. The monoisotopic (exact) mass is 1780 g/mol. The Balaban J connectivity index is 0.000000122. The van der Waals surface area contributed by atoms with Gasteiger partial charge >= 0.3 is 0 Å². The molecule has 0 bridgehead atoms. The van der Waals surface area contributed by atoms with E-state index in [1.165, 1.54) is 73.4 Å². The number of carbonyl (C=O) groups is 7. The van der Waals surface area contributed by atoms with E-state index < -0.39 is 0 Å². The van der Waals surface area contributed by atoms with E-state index in [0.29, 0.717) is 74.0 Å². The minimum absolute atomic E-state index is 0.0176. The SMILES string of the molecule is CC(=O)Nc1cccc2c1C(=O)CCC2.CC(=O)Nc1cccc2c1CCCC2.Clc1ccccc1-c1nc2c([nH]1)CNCC2.Nc1cccc2c1C(=O)CCC2.Nc1cccc2c1CCCC2.O=C1CCCc2cccc(Cl)c21.O=C1c2c(Cl)cccc2CCC1Br.O=C1c2c(Cl)cccc2CCC1N1CCc2nc(-c3ccccc3Cl)[nH]c2C1. The highest BCUT2D eigenvalue weighted by molar-refractivity contribution is 9.10. The average Bonchev–Trinajstić information content (AvgIpc) is 1.73. The van der Waals surface area contributed by atoms with Gasteiger partial charge in [0, 0.05) is 128 Å². The number of aromatic amines is 2. The molecule has 17 nitrogen and oxygen atoms in total. The lowest BCUT2D eigenvalue weighted by Gasteiger charge is -2.36. The number of rotatable bonds is 5. The smallest absolute Gasteiger partial charge is 0.221 e. The number of aromatic nitrogens is 4. The van der Waals surface area contributed by atoms with E-state index in [-0.39, 0.29) is 51.6 Å². The maximum Gasteiger partial charge on any atom is 0.221 e. The molecule has 0 radical (unpaired) electrons. The molecule has 2 amide bonds. The van der Waals surface area contributed by atoms with Crippen molar-refractivity contribution in [1.82, 2.24) is 30.2 Å². The summed E-state index contributed by atoms with van der Waals surface area (Å²) in [6, 6.07) is 56.1. The molecule has 9 aliphatic rings. The number of aryl methyl sites for hydroxylation is 7. The number of Topliss-reactive ketones (excluding diaryl/α,β-unsaturated/α-hetero) is 5. The van der Waals surface area contributed by atoms with Gasteiger partial charge in [0.1, 0.15) is 11.6 Å². The van der Waals surface area contributed by atoms with E-state index in [1.54, 1.807) is 37.3 Å². The Labute approximate surface area is 740 Å². The number of nitrogens with one attached hydrogen (secondary N) is 5. The summed E-state index contributed by atoms with van der Waals surface area (Å²) in [6.07, 6.45) is 22.8. The summed E-state index contributed by atoms with van der Waals surface area (Å²) in [5.74, 6) is 2.34. The van der Waals surface area contributed by atoms with Crippen molar-refractivity contribution in [3.05, 3.63) is 302 Å². The number of ketones is 5. The van der Waals surface area contributed by atoms with Gasteiger partial charge in [0.15, 0.2) is 28.9 Å². The molecule has 9 N–H and O–H groups in total. The molecule has 9 aromatic carbocycles. The Bertz CT molecular complexity index is 5570. The molecule has 2 atom stereocenters. The zero-order chi connectivity index (χ0) is 85.2. The van der Waals surface area contributed by atoms with E-state index in [0.717, 1.165) is 205 Å². The number of alkyl halides is 1. The van der Waals surface area contributed by atoms with Gasteiger partial charge in [0.05, 0.1) is 64.4 Å². The quantitative estimate of drug-likeness (QED) is 0.0625. The molecule has 20 rings (SSSR count). The van der Waals surface area contributed by atoms with Gasteiger partial charge in [0.2, 0.25) is 11.8 Å². The third kappa shape index (κ3) is 22.3. The average molecular weight is 1790 g/mol. The van der Waals surface area contributed by atoms with Gasteiger partial charge in [0.25, 0.3) is 0 Å². The van der Waals surface area contributed by atoms with Gasteiger partial charge in [-0.05, 0) is 232 Å². The molecule has 4 heterocycles. The molecule has 2 aromatic heterocycles. The summed E-state index contributed by atoms with van der Waals surface area (Å²) < 4.78 is 0. The van der Waals surface area contributed by atoms with Crippen molar-refractivity contribution in [2.24, 2.45) is 0 Å². The van der Waals surface area contributed by atoms with Crippen molar-refractivity contribution in [3.63, 3.8) is 0 Å². The highest BCUT2D eigenvalue weighted by atomic mass is 79.9. The van der Waals surface area contributed by atoms with Crippen molar-refractivity contribution in [2.45, 2.75) is 185 Å². The summed E-state index contributed by atoms with van der Waals surface area (Å²) >= 11 is 34.0. The van der Waals surface area contributed by atoms with Gasteiger partial charge < -0.3 is 37.4 Å². The molecule has 626 valence electrons. The molecule has 11 aromatic rings. The minimum Gasteiger partial charge on any atom is -0.398 e. The number of nitrogens with zero attached hydrogens (tertiary/aromatic N) is 3. The zero-order valence-corrected chi connectivity index (χ0v) is 73.5. The van der Waals surface area contributed by atoms with Crippen LogP contribution in [0.25, 0.3) is 22.8 Å². The number of carbonyl (C=O) groups excluding carboxylic acids is 7. The number of benzene rings is 9. The molecule has 121 heavy (non-hydrogen) atoms. The third-order valence-corrected chi connectivity index (χ3v) is 25.6. The lowest BCUT2D eigenvalue weighted by molar-refractivity contribution is -0.115. The second-order valence-electron chi connectivity index (χ2n) is 31.5. The van der Waals surface area contributed by atoms with Crippen molar-refractivity contribution < 1.29 is 33.6 Å². The van der Waals surface area contributed by atoms with Crippen LogP contribution in [0.2, 0.25) is 25.1 Å². The number of imidazole rings is 2. The van der Waals surface area contributed by atoms with Crippen molar-refractivity contribution in [1.29, 1.82) is 0 Å². The predicted molar refractivity (Wildman–Crippen MR) is 492 cm³/mol. The number of halogens is 6. The highest BCUT2D eigenvalue weighted by Crippen LogP contribution is 2.38. The number of nitrogens with two attached hydrogens (primary N) is 2. The first-order valence-electron chi connectivity index (χ1n) is 41.8. The van der Waals surface area contributed by atoms with E-state index in [9.17, 15) is 33.6 Å². The number of H-pyrrole nitrogens is 2. The van der Waals surface area contributed by atoms with E-state index in [4.69, 9.17) is 74.5 Å². The Kier molecular flexibility index (Phi) is 31.1. The molecule has 0 saturated carbocycles. The Morgan fingerprint density at radius 3 is 1.38 bits per heavy atom. The fourth-order valence-corrected chi connectivity index (χ4v) is 19.0. The summed E-state index contributed by atoms with van der Waals surface area (Å²) in [7, 11) is 0. The molecular weight excluding hydrogens is 1690 g/mol. The number of amides is 2. The van der Waals surface area contributed by atoms with E-state index >= 15 is 0 Å². The van der Waals surface area contributed by atoms with Crippen LogP contribution in [-0.4, -0.2) is 89.5 Å². The van der Waals surface area contributed by atoms with E-state index in [2.05, 4.69) is 69.9 Å². The molecule has 7 aliphatic carbocycles. The topological polar surface area (TPSA) is 268 Å². The number of nitrogen functional groups attached to an aromatic ring is 2. The van der Waals surface area contributed by atoms with Crippen molar-refractivity contribution in [3.8, 4) is 22.8 Å². The summed E-state index contributed by atoms with van der Waals surface area (Å²) in [4.78, 5) is 99.7. The lowest BCUT2D eigenvalue weighted by Crippen LogP contribution is -2.46. The molecular formula is C98H100BrCl5N10O7. The third-order valence-electron chi connectivity index (χ3n) is 23.2. The van der Waals surface area contributed by atoms with Crippen LogP contribution in [0.5, 0.6) is 0 Å². The van der Waals surface area contributed by atoms with Gasteiger partial charge in [-0.3, -0.25) is 38.5 Å². The second-order valence-corrected chi connectivity index (χ2v) is 34.6. The molecule has 2 aliphatic heterocycles. The van der Waals surface area contributed by atoms with Crippen LogP contribution in [0, 0.1) is 0 Å². The molecule has 0 saturated heterocycles. The fraction of sp³-hybridized carbons (Fsp3) is 0.316. The van der Waals surface area contributed by atoms with E-state index in [1.807, 2.05) is 127 Å². The number of fused-ring (bicyclic) bond motifs is 9. The summed E-state index contributed by atoms with van der Waals surface area (Å²) in [5.41, 5.74) is 35.9. The van der Waals surface area contributed by atoms with Gasteiger partial charge in [-0.1, -0.05) is 183 Å². The number of anilines is 4. The maximum absolute atomic E-state index is 13.2. The molecule has 23 heteroatoms.